The summed E-state index contributed by atoms with van der Waals surface area (Å²) in [4.78, 5) is 0. The van der Waals surface area contributed by atoms with Crippen LogP contribution in [0.2, 0.25) is 0 Å². The first-order valence-electron chi connectivity index (χ1n) is 5.47. The lowest BCUT2D eigenvalue weighted by Crippen LogP contribution is -2.00. The number of rotatable bonds is 4. The van der Waals surface area contributed by atoms with Gasteiger partial charge in [0.05, 0.1) is 18.4 Å². The molecule has 0 bridgehead atoms. The maximum atomic E-state index is 5.61. The number of nitrogens with zero attached hydrogens (tertiary/aromatic N) is 4. The van der Waals surface area contributed by atoms with Gasteiger partial charge in [-0.05, 0) is 13.8 Å². The van der Waals surface area contributed by atoms with Crippen molar-refractivity contribution in [2.75, 3.05) is 0 Å². The van der Waals surface area contributed by atoms with E-state index in [1.54, 1.807) is 0 Å². The predicted molar refractivity (Wildman–Crippen MR) is 61.9 cm³/mol. The maximum Gasteiger partial charge on any atom is 0.0690 e. The van der Waals surface area contributed by atoms with Gasteiger partial charge in [0.25, 0.3) is 0 Å². The molecule has 2 rings (SSSR count). The summed E-state index contributed by atoms with van der Waals surface area (Å²) in [7, 11) is 0. The van der Waals surface area contributed by atoms with Crippen LogP contribution in [0.25, 0.3) is 0 Å². The second-order valence-electron chi connectivity index (χ2n) is 3.85. The minimum atomic E-state index is 0.542. The third kappa shape index (κ3) is 2.14. The van der Waals surface area contributed by atoms with Gasteiger partial charge >= 0.3 is 0 Å². The first-order valence-corrected chi connectivity index (χ1v) is 5.47. The highest BCUT2D eigenvalue weighted by molar-refractivity contribution is 5.16. The third-order valence-electron chi connectivity index (χ3n) is 2.62. The molecule has 2 N–H and O–H groups in total. The van der Waals surface area contributed by atoms with Crippen LogP contribution < -0.4 is 5.73 Å². The van der Waals surface area contributed by atoms with E-state index in [9.17, 15) is 0 Å². The Labute approximate surface area is 94.9 Å². The van der Waals surface area contributed by atoms with Crippen molar-refractivity contribution in [1.82, 2.24) is 19.6 Å². The van der Waals surface area contributed by atoms with Gasteiger partial charge in [-0.15, -0.1) is 0 Å². The molecule has 0 spiro atoms. The third-order valence-corrected chi connectivity index (χ3v) is 2.62. The summed E-state index contributed by atoms with van der Waals surface area (Å²) < 4.78 is 3.82. The predicted octanol–water partition coefficient (Wildman–Crippen LogP) is 0.915. The van der Waals surface area contributed by atoms with Crippen LogP contribution in [0.15, 0.2) is 18.6 Å². The molecular weight excluding hydrogens is 202 g/mol. The Morgan fingerprint density at radius 3 is 2.69 bits per heavy atom. The highest BCUT2D eigenvalue weighted by Gasteiger charge is 2.04. The molecule has 16 heavy (non-hydrogen) atoms. The second kappa shape index (κ2) is 4.49. The van der Waals surface area contributed by atoms with Crippen molar-refractivity contribution < 1.29 is 0 Å². The Hall–Kier alpha value is -1.62. The van der Waals surface area contributed by atoms with Crippen molar-refractivity contribution in [3.63, 3.8) is 0 Å². The molecule has 0 fully saturated rings. The van der Waals surface area contributed by atoms with Gasteiger partial charge in [0.1, 0.15) is 0 Å². The molecule has 2 aromatic rings. The van der Waals surface area contributed by atoms with Gasteiger partial charge in [0, 0.05) is 36.6 Å². The van der Waals surface area contributed by atoms with Crippen LogP contribution in [0, 0.1) is 6.92 Å². The zero-order valence-electron chi connectivity index (χ0n) is 9.72. The molecule has 0 aromatic carbocycles. The molecule has 0 radical (unpaired) electrons. The Kier molecular flexibility index (Phi) is 3.05. The van der Waals surface area contributed by atoms with Crippen molar-refractivity contribution >= 4 is 0 Å². The van der Waals surface area contributed by atoms with Gasteiger partial charge in [0.15, 0.2) is 0 Å². The van der Waals surface area contributed by atoms with Crippen molar-refractivity contribution in [2.24, 2.45) is 5.73 Å². The van der Waals surface area contributed by atoms with Gasteiger partial charge in [-0.2, -0.15) is 10.2 Å². The Bertz CT molecular complexity index is 468. The van der Waals surface area contributed by atoms with Crippen molar-refractivity contribution in [1.29, 1.82) is 0 Å². The van der Waals surface area contributed by atoms with Crippen molar-refractivity contribution in [2.45, 2.75) is 33.5 Å². The summed E-state index contributed by atoms with van der Waals surface area (Å²) in [5.41, 5.74) is 8.88. The number of nitrogens with two attached hydrogens (primary N) is 1. The normalized spacial score (nSPS) is 10.9. The first kappa shape index (κ1) is 10.9. The fraction of sp³-hybridized carbons (Fsp3) is 0.455. The van der Waals surface area contributed by atoms with Crippen LogP contribution in [0.3, 0.4) is 0 Å². The van der Waals surface area contributed by atoms with E-state index in [4.69, 9.17) is 5.73 Å². The van der Waals surface area contributed by atoms with E-state index in [0.29, 0.717) is 6.54 Å². The van der Waals surface area contributed by atoms with E-state index in [1.807, 2.05) is 34.9 Å². The fourth-order valence-electron chi connectivity index (χ4n) is 1.69. The molecule has 0 unspecified atom stereocenters. The molecule has 86 valence electrons. The number of hydrogen-bond acceptors (Lipinski definition) is 3. The standard InChI is InChI=1S/C11H17N5/c1-3-15-6-10(5-13-15)7-16-8-11(4-12)9(2)14-16/h5-6,8H,3-4,7,12H2,1-2H3. The van der Waals surface area contributed by atoms with Crippen LogP contribution in [0.4, 0.5) is 0 Å². The smallest absolute Gasteiger partial charge is 0.0690 e. The molecule has 5 nitrogen and oxygen atoms in total. The minimum absolute atomic E-state index is 0.542. The molecule has 2 aromatic heterocycles. The number of hydrogen-bond donors (Lipinski definition) is 1. The molecule has 2 heterocycles. The summed E-state index contributed by atoms with van der Waals surface area (Å²) in [5, 5.41) is 8.64. The Balaban J connectivity index is 2.13. The van der Waals surface area contributed by atoms with E-state index >= 15 is 0 Å². The summed E-state index contributed by atoms with van der Waals surface area (Å²) in [6.07, 6.45) is 5.92. The summed E-state index contributed by atoms with van der Waals surface area (Å²) >= 11 is 0. The van der Waals surface area contributed by atoms with Crippen LogP contribution in [-0.2, 0) is 19.6 Å². The largest absolute Gasteiger partial charge is 0.326 e. The molecule has 0 aliphatic rings. The van der Waals surface area contributed by atoms with Crippen LogP contribution >= 0.6 is 0 Å². The average molecular weight is 219 g/mol. The lowest BCUT2D eigenvalue weighted by molar-refractivity contribution is 0.653. The van der Waals surface area contributed by atoms with E-state index in [1.165, 1.54) is 0 Å². The molecule has 0 aliphatic carbocycles. The van der Waals surface area contributed by atoms with E-state index in [0.717, 1.165) is 29.9 Å². The molecule has 0 saturated carbocycles. The minimum Gasteiger partial charge on any atom is -0.326 e. The topological polar surface area (TPSA) is 61.7 Å². The lowest BCUT2D eigenvalue weighted by atomic mass is 10.3. The Morgan fingerprint density at radius 2 is 2.12 bits per heavy atom. The van der Waals surface area contributed by atoms with E-state index < -0.39 is 0 Å². The second-order valence-corrected chi connectivity index (χ2v) is 3.85. The molecular formula is C11H17N5. The average Bonchev–Trinajstić information content (AvgIpc) is 2.85. The molecule has 0 aliphatic heterocycles. The van der Waals surface area contributed by atoms with Crippen LogP contribution in [0.5, 0.6) is 0 Å². The number of aromatic nitrogens is 4. The summed E-state index contributed by atoms with van der Waals surface area (Å²) in [6, 6.07) is 0. The number of aryl methyl sites for hydroxylation is 2. The molecule has 5 heteroatoms. The molecule has 0 saturated heterocycles. The Morgan fingerprint density at radius 1 is 1.31 bits per heavy atom. The SMILES string of the molecule is CCn1cc(Cn2cc(CN)c(C)n2)cn1. The zero-order valence-corrected chi connectivity index (χ0v) is 9.72. The zero-order chi connectivity index (χ0) is 11.5. The van der Waals surface area contributed by atoms with E-state index in [2.05, 4.69) is 17.1 Å². The highest BCUT2D eigenvalue weighted by Crippen LogP contribution is 2.07. The summed E-state index contributed by atoms with van der Waals surface area (Å²) in [6.45, 7) is 6.24. The van der Waals surface area contributed by atoms with Gasteiger partial charge < -0.3 is 5.73 Å². The van der Waals surface area contributed by atoms with Gasteiger partial charge in [-0.25, -0.2) is 0 Å². The lowest BCUT2D eigenvalue weighted by Gasteiger charge is -1.97. The maximum absolute atomic E-state index is 5.61. The molecule has 0 atom stereocenters. The first-order chi connectivity index (χ1) is 7.72. The fourth-order valence-corrected chi connectivity index (χ4v) is 1.69. The van der Waals surface area contributed by atoms with Gasteiger partial charge in [-0.3, -0.25) is 9.36 Å². The van der Waals surface area contributed by atoms with Gasteiger partial charge in [-0.1, -0.05) is 0 Å². The van der Waals surface area contributed by atoms with Crippen molar-refractivity contribution in [3.8, 4) is 0 Å². The highest BCUT2D eigenvalue weighted by atomic mass is 15.3. The summed E-state index contributed by atoms with van der Waals surface area (Å²) in [5.74, 6) is 0. The van der Waals surface area contributed by atoms with Crippen molar-refractivity contribution in [3.05, 3.63) is 35.4 Å². The quantitative estimate of drug-likeness (QED) is 0.831. The molecule has 0 amide bonds. The van der Waals surface area contributed by atoms with Gasteiger partial charge in [0.2, 0.25) is 0 Å². The van der Waals surface area contributed by atoms with E-state index in [-0.39, 0.29) is 0 Å². The van der Waals surface area contributed by atoms with Crippen LogP contribution in [0.1, 0.15) is 23.7 Å². The monoisotopic (exact) mass is 219 g/mol. The van der Waals surface area contributed by atoms with Crippen LogP contribution in [-0.4, -0.2) is 19.6 Å².